The fourth-order valence-electron chi connectivity index (χ4n) is 2.51. The first kappa shape index (κ1) is 20.6. The molecule has 0 saturated heterocycles. The van der Waals surface area contributed by atoms with Crippen LogP contribution in [0.5, 0.6) is 11.5 Å². The van der Waals surface area contributed by atoms with Gasteiger partial charge in [0.2, 0.25) is 5.91 Å². The zero-order valence-electron chi connectivity index (χ0n) is 14.6. The minimum absolute atomic E-state index is 0.135. The molecule has 0 fully saturated rings. The Bertz CT molecular complexity index is 776. The molecule has 0 unspecified atom stereocenters. The molecular formula is C18H19Cl3N2O3. The van der Waals surface area contributed by atoms with Crippen LogP contribution in [0.25, 0.3) is 0 Å². The molecule has 5 nitrogen and oxygen atoms in total. The maximum atomic E-state index is 12.3. The van der Waals surface area contributed by atoms with Crippen LogP contribution in [0, 0.1) is 0 Å². The molecule has 0 radical (unpaired) electrons. The first-order chi connectivity index (χ1) is 12.3. The zero-order chi connectivity index (χ0) is 19.3. The summed E-state index contributed by atoms with van der Waals surface area (Å²) in [4.78, 5) is 14.2. The Hall–Kier alpha value is -1.66. The summed E-state index contributed by atoms with van der Waals surface area (Å²) in [5.74, 6) is 1.04. The molecule has 140 valence electrons. The van der Waals surface area contributed by atoms with Crippen molar-refractivity contribution in [1.29, 1.82) is 0 Å². The Labute approximate surface area is 167 Å². The fraction of sp³-hybridized carbons (Fsp3) is 0.278. The quantitative estimate of drug-likeness (QED) is 0.707. The van der Waals surface area contributed by atoms with Crippen LogP contribution < -0.4 is 14.8 Å². The predicted octanol–water partition coefficient (Wildman–Crippen LogP) is 4.73. The van der Waals surface area contributed by atoms with E-state index in [-0.39, 0.29) is 22.5 Å². The Morgan fingerprint density at radius 2 is 1.77 bits per heavy atom. The molecule has 0 spiro atoms. The number of benzene rings is 2. The minimum Gasteiger partial charge on any atom is -0.493 e. The van der Waals surface area contributed by atoms with E-state index < -0.39 is 0 Å². The van der Waals surface area contributed by atoms with Gasteiger partial charge in [0.25, 0.3) is 0 Å². The average Bonchev–Trinajstić information content (AvgIpc) is 2.57. The van der Waals surface area contributed by atoms with Crippen LogP contribution in [0.1, 0.15) is 5.56 Å². The van der Waals surface area contributed by atoms with Gasteiger partial charge < -0.3 is 14.8 Å². The number of para-hydroxylation sites is 1. The number of nitrogens with zero attached hydrogens (tertiary/aromatic N) is 1. The Balaban J connectivity index is 2.05. The smallest absolute Gasteiger partial charge is 0.238 e. The summed E-state index contributed by atoms with van der Waals surface area (Å²) in [6.45, 7) is 0.630. The monoisotopic (exact) mass is 416 g/mol. The van der Waals surface area contributed by atoms with Crippen LogP contribution in [0.4, 0.5) is 5.69 Å². The number of ether oxygens (including phenoxy) is 2. The molecule has 0 saturated carbocycles. The van der Waals surface area contributed by atoms with Crippen LogP contribution in [0.15, 0.2) is 30.3 Å². The van der Waals surface area contributed by atoms with E-state index in [1.54, 1.807) is 14.2 Å². The van der Waals surface area contributed by atoms with E-state index in [9.17, 15) is 4.79 Å². The number of likely N-dealkylation sites (N-methyl/N-ethyl adjacent to an activating group) is 1. The topological polar surface area (TPSA) is 50.8 Å². The van der Waals surface area contributed by atoms with Gasteiger partial charge in [-0.15, -0.1) is 0 Å². The molecular weight excluding hydrogens is 399 g/mol. The number of methoxy groups -OCH3 is 2. The molecule has 0 heterocycles. The molecule has 1 N–H and O–H groups in total. The van der Waals surface area contributed by atoms with Gasteiger partial charge >= 0.3 is 0 Å². The lowest BCUT2D eigenvalue weighted by molar-refractivity contribution is -0.117. The van der Waals surface area contributed by atoms with Crippen molar-refractivity contribution in [1.82, 2.24) is 4.90 Å². The maximum absolute atomic E-state index is 12.3. The lowest BCUT2D eigenvalue weighted by Gasteiger charge is -2.19. The fourth-order valence-corrected chi connectivity index (χ4v) is 3.42. The van der Waals surface area contributed by atoms with Crippen molar-refractivity contribution in [2.45, 2.75) is 6.54 Å². The molecule has 2 aromatic carbocycles. The molecule has 1 amide bonds. The molecule has 0 aliphatic carbocycles. The highest BCUT2D eigenvalue weighted by Crippen LogP contribution is 2.34. The third-order valence-electron chi connectivity index (χ3n) is 3.61. The van der Waals surface area contributed by atoms with Gasteiger partial charge in [0.05, 0.1) is 36.5 Å². The Morgan fingerprint density at radius 3 is 2.35 bits per heavy atom. The van der Waals surface area contributed by atoms with E-state index in [1.807, 2.05) is 30.1 Å². The second-order valence-corrected chi connectivity index (χ2v) is 6.87. The standard InChI is InChI=1S/C18H19Cl3N2O3/c1-23(9-11-5-4-6-15(25-2)18(11)26-3)10-16(24)22-17-13(20)7-12(19)8-14(17)21/h4-8H,9-10H2,1-3H3,(H,22,24). The number of rotatable bonds is 7. The molecule has 2 aromatic rings. The van der Waals surface area contributed by atoms with Crippen molar-refractivity contribution in [2.75, 3.05) is 33.1 Å². The number of hydrogen-bond acceptors (Lipinski definition) is 4. The maximum Gasteiger partial charge on any atom is 0.238 e. The van der Waals surface area contributed by atoms with Crippen molar-refractivity contribution in [3.63, 3.8) is 0 Å². The molecule has 0 atom stereocenters. The van der Waals surface area contributed by atoms with Gasteiger partial charge in [-0.3, -0.25) is 9.69 Å². The van der Waals surface area contributed by atoms with Crippen LogP contribution in [0.2, 0.25) is 15.1 Å². The molecule has 0 bridgehead atoms. The van der Waals surface area contributed by atoms with Crippen molar-refractivity contribution in [3.8, 4) is 11.5 Å². The number of hydrogen-bond donors (Lipinski definition) is 1. The first-order valence-electron chi connectivity index (χ1n) is 7.68. The summed E-state index contributed by atoms with van der Waals surface area (Å²) < 4.78 is 10.7. The summed E-state index contributed by atoms with van der Waals surface area (Å²) in [6, 6.07) is 8.66. The normalized spacial score (nSPS) is 10.7. The van der Waals surface area contributed by atoms with Crippen molar-refractivity contribution in [3.05, 3.63) is 51.0 Å². The van der Waals surface area contributed by atoms with Gasteiger partial charge in [0.1, 0.15) is 0 Å². The lowest BCUT2D eigenvalue weighted by atomic mass is 10.1. The van der Waals surface area contributed by atoms with Gasteiger partial charge in [-0.25, -0.2) is 0 Å². The SMILES string of the molecule is COc1cccc(CN(C)CC(=O)Nc2c(Cl)cc(Cl)cc2Cl)c1OC. The summed E-state index contributed by atoms with van der Waals surface area (Å²) in [5.41, 5.74) is 1.25. The highest BCUT2D eigenvalue weighted by Gasteiger charge is 2.15. The predicted molar refractivity (Wildman–Crippen MR) is 106 cm³/mol. The highest BCUT2D eigenvalue weighted by molar-refractivity contribution is 6.42. The summed E-state index contributed by atoms with van der Waals surface area (Å²) >= 11 is 18.1. The highest BCUT2D eigenvalue weighted by atomic mass is 35.5. The van der Waals surface area contributed by atoms with Crippen molar-refractivity contribution >= 4 is 46.4 Å². The van der Waals surface area contributed by atoms with Gasteiger partial charge in [0.15, 0.2) is 11.5 Å². The number of amides is 1. The molecule has 8 heteroatoms. The van der Waals surface area contributed by atoms with Crippen LogP contribution >= 0.6 is 34.8 Å². The van der Waals surface area contributed by atoms with Crippen LogP contribution in [0.3, 0.4) is 0 Å². The van der Waals surface area contributed by atoms with E-state index >= 15 is 0 Å². The minimum atomic E-state index is -0.250. The number of anilines is 1. The molecule has 0 aliphatic rings. The number of nitrogens with one attached hydrogen (secondary N) is 1. The van der Waals surface area contributed by atoms with Gasteiger partial charge in [-0.2, -0.15) is 0 Å². The molecule has 2 rings (SSSR count). The van der Waals surface area contributed by atoms with Crippen LogP contribution in [-0.4, -0.2) is 38.6 Å². The van der Waals surface area contributed by atoms with Gasteiger partial charge in [-0.05, 0) is 25.2 Å². The third-order valence-corrected chi connectivity index (χ3v) is 4.42. The number of carbonyl (C=O) groups is 1. The lowest BCUT2D eigenvalue weighted by Crippen LogP contribution is -2.30. The Kier molecular flexibility index (Phi) is 7.41. The zero-order valence-corrected chi connectivity index (χ0v) is 16.9. The van der Waals surface area contributed by atoms with Gasteiger partial charge in [-0.1, -0.05) is 46.9 Å². The number of halogens is 3. The summed E-state index contributed by atoms with van der Waals surface area (Å²) in [6.07, 6.45) is 0. The second kappa shape index (κ2) is 9.33. The van der Waals surface area contributed by atoms with Gasteiger partial charge in [0, 0.05) is 17.1 Å². The summed E-state index contributed by atoms with van der Waals surface area (Å²) in [5, 5.41) is 3.69. The van der Waals surface area contributed by atoms with E-state index in [1.165, 1.54) is 12.1 Å². The first-order valence-corrected chi connectivity index (χ1v) is 8.82. The summed E-state index contributed by atoms with van der Waals surface area (Å²) in [7, 11) is 4.99. The largest absolute Gasteiger partial charge is 0.493 e. The van der Waals surface area contributed by atoms with Crippen molar-refractivity contribution in [2.24, 2.45) is 0 Å². The molecule has 0 aromatic heterocycles. The van der Waals surface area contributed by atoms with Crippen molar-refractivity contribution < 1.29 is 14.3 Å². The molecule has 0 aliphatic heterocycles. The van der Waals surface area contributed by atoms with E-state index in [4.69, 9.17) is 44.3 Å². The third kappa shape index (κ3) is 5.17. The van der Waals surface area contributed by atoms with E-state index in [0.717, 1.165) is 5.56 Å². The Morgan fingerprint density at radius 1 is 1.12 bits per heavy atom. The number of carbonyl (C=O) groups excluding carboxylic acids is 1. The average molecular weight is 418 g/mol. The second-order valence-electron chi connectivity index (χ2n) is 5.62. The van der Waals surface area contributed by atoms with E-state index in [2.05, 4.69) is 5.32 Å². The van der Waals surface area contributed by atoms with Crippen LogP contribution in [-0.2, 0) is 11.3 Å². The molecule has 26 heavy (non-hydrogen) atoms. The van der Waals surface area contributed by atoms with E-state index in [0.29, 0.717) is 28.8 Å².